The van der Waals surface area contributed by atoms with Crippen LogP contribution in [0.1, 0.15) is 71.2 Å². The second-order valence-electron chi connectivity index (χ2n) is 6.03. The Hall–Kier alpha value is -0.930. The van der Waals surface area contributed by atoms with Crippen LogP contribution < -0.4 is 0 Å². The molecule has 1 aliphatic carbocycles. The van der Waals surface area contributed by atoms with E-state index in [2.05, 4.69) is 41.0 Å². The van der Waals surface area contributed by atoms with Gasteiger partial charge in [-0.2, -0.15) is 0 Å². The van der Waals surface area contributed by atoms with E-state index in [-0.39, 0.29) is 0 Å². The van der Waals surface area contributed by atoms with Crippen molar-refractivity contribution >= 4 is 0 Å². The van der Waals surface area contributed by atoms with Gasteiger partial charge in [-0.1, -0.05) is 46.5 Å². The first-order valence-corrected chi connectivity index (χ1v) is 6.89. The molecule has 17 heavy (non-hydrogen) atoms. The topological polar surface area (TPSA) is 43.6 Å². The Balaban J connectivity index is 2.10. The molecule has 1 heterocycles. The van der Waals surface area contributed by atoms with Crippen LogP contribution in [0.5, 0.6) is 0 Å². The largest absolute Gasteiger partial charge is 0.227 e. The lowest BCUT2D eigenvalue weighted by atomic mass is 9.86. The van der Waals surface area contributed by atoms with Crippen molar-refractivity contribution in [2.24, 2.45) is 5.41 Å². The zero-order valence-corrected chi connectivity index (χ0v) is 11.3. The zero-order valence-electron chi connectivity index (χ0n) is 11.3. The highest BCUT2D eigenvalue weighted by Crippen LogP contribution is 2.30. The molecule has 4 heteroatoms. The van der Waals surface area contributed by atoms with Crippen LogP contribution in [0.3, 0.4) is 0 Å². The molecule has 0 aliphatic heterocycles. The van der Waals surface area contributed by atoms with Gasteiger partial charge in [0.1, 0.15) is 0 Å². The van der Waals surface area contributed by atoms with E-state index in [0.717, 1.165) is 18.7 Å². The lowest BCUT2D eigenvalue weighted by Crippen LogP contribution is -2.21. The van der Waals surface area contributed by atoms with Gasteiger partial charge in [-0.3, -0.25) is 0 Å². The summed E-state index contributed by atoms with van der Waals surface area (Å²) in [5, 5.41) is 12.3. The lowest BCUT2D eigenvalue weighted by molar-refractivity contribution is 0.290. The van der Waals surface area contributed by atoms with E-state index in [1.54, 1.807) is 0 Å². The maximum absolute atomic E-state index is 4.23. The number of nitrogens with zero attached hydrogens (tertiary/aromatic N) is 4. The quantitative estimate of drug-likeness (QED) is 0.806. The smallest absolute Gasteiger partial charge is 0.152 e. The van der Waals surface area contributed by atoms with Gasteiger partial charge in [0.2, 0.25) is 0 Å². The second-order valence-corrected chi connectivity index (χ2v) is 6.03. The molecule has 0 radical (unpaired) electrons. The molecular formula is C13H24N4. The fourth-order valence-electron chi connectivity index (χ4n) is 2.49. The molecule has 0 spiro atoms. The number of tetrazole rings is 1. The maximum atomic E-state index is 4.23. The first-order chi connectivity index (χ1) is 8.12. The van der Waals surface area contributed by atoms with E-state index in [4.69, 9.17) is 0 Å². The number of hydrogen-bond acceptors (Lipinski definition) is 3. The van der Waals surface area contributed by atoms with Gasteiger partial charge in [0.15, 0.2) is 5.82 Å². The Morgan fingerprint density at radius 2 is 1.94 bits per heavy atom. The predicted molar refractivity (Wildman–Crippen MR) is 67.7 cm³/mol. The maximum Gasteiger partial charge on any atom is 0.152 e. The van der Waals surface area contributed by atoms with Gasteiger partial charge in [-0.25, -0.2) is 4.68 Å². The SMILES string of the molecule is CCC(C)(C)Cc1nnnn1C1CCCCC1. The van der Waals surface area contributed by atoms with Crippen LogP contribution >= 0.6 is 0 Å². The minimum atomic E-state index is 0.293. The Labute approximate surface area is 104 Å². The summed E-state index contributed by atoms with van der Waals surface area (Å²) >= 11 is 0. The van der Waals surface area contributed by atoms with Gasteiger partial charge in [0.05, 0.1) is 6.04 Å². The van der Waals surface area contributed by atoms with Crippen LogP contribution in [0.2, 0.25) is 0 Å². The fraction of sp³-hybridized carbons (Fsp3) is 0.923. The molecule has 1 aromatic heterocycles. The molecule has 0 saturated heterocycles. The third-order valence-electron chi connectivity index (χ3n) is 4.08. The lowest BCUT2D eigenvalue weighted by Gasteiger charge is -2.25. The first kappa shape index (κ1) is 12.5. The molecule has 0 atom stereocenters. The Bertz CT molecular complexity index is 350. The van der Waals surface area contributed by atoms with E-state index in [1.807, 2.05) is 0 Å². The molecule has 0 unspecified atom stereocenters. The Morgan fingerprint density at radius 3 is 2.59 bits per heavy atom. The summed E-state index contributed by atoms with van der Waals surface area (Å²) in [5.41, 5.74) is 0.293. The molecule has 1 saturated carbocycles. The predicted octanol–water partition coefficient (Wildman–Crippen LogP) is 3.16. The Morgan fingerprint density at radius 1 is 1.24 bits per heavy atom. The second kappa shape index (κ2) is 5.15. The summed E-state index contributed by atoms with van der Waals surface area (Å²) in [4.78, 5) is 0. The number of rotatable bonds is 4. The van der Waals surface area contributed by atoms with Gasteiger partial charge in [-0.15, -0.1) is 5.10 Å². The van der Waals surface area contributed by atoms with Gasteiger partial charge in [0.25, 0.3) is 0 Å². The van der Waals surface area contributed by atoms with Crippen molar-refractivity contribution in [3.63, 3.8) is 0 Å². The summed E-state index contributed by atoms with van der Waals surface area (Å²) in [6, 6.07) is 0.543. The molecule has 1 aromatic rings. The molecule has 2 rings (SSSR count). The van der Waals surface area contributed by atoms with Gasteiger partial charge in [0, 0.05) is 6.42 Å². The highest BCUT2D eigenvalue weighted by atomic mass is 15.5. The van der Waals surface area contributed by atoms with Gasteiger partial charge >= 0.3 is 0 Å². The molecular weight excluding hydrogens is 212 g/mol. The zero-order chi connectivity index (χ0) is 12.3. The normalized spacial score (nSPS) is 18.5. The van der Waals surface area contributed by atoms with Gasteiger partial charge < -0.3 is 0 Å². The third-order valence-corrected chi connectivity index (χ3v) is 4.08. The van der Waals surface area contributed by atoms with Crippen LogP contribution in [0.25, 0.3) is 0 Å². The molecule has 0 N–H and O–H groups in total. The van der Waals surface area contributed by atoms with Crippen LogP contribution in [0.4, 0.5) is 0 Å². The van der Waals surface area contributed by atoms with E-state index >= 15 is 0 Å². The van der Waals surface area contributed by atoms with Crippen LogP contribution in [-0.4, -0.2) is 20.2 Å². The molecule has 96 valence electrons. The summed E-state index contributed by atoms with van der Waals surface area (Å²) in [5.74, 6) is 1.07. The number of aromatic nitrogens is 4. The Kier molecular flexibility index (Phi) is 3.79. The first-order valence-electron chi connectivity index (χ1n) is 6.89. The summed E-state index contributed by atoms with van der Waals surface area (Å²) in [6.45, 7) is 6.80. The molecule has 1 fully saturated rings. The molecule has 0 aromatic carbocycles. The van der Waals surface area contributed by atoms with Crippen molar-refractivity contribution in [1.82, 2.24) is 20.2 Å². The van der Waals surface area contributed by atoms with Crippen molar-refractivity contribution in [3.05, 3.63) is 5.82 Å². The van der Waals surface area contributed by atoms with E-state index in [9.17, 15) is 0 Å². The van der Waals surface area contributed by atoms with Crippen molar-refractivity contribution in [2.45, 2.75) is 71.8 Å². The standard InChI is InChI=1S/C13H24N4/c1-4-13(2,3)10-12-14-15-16-17(12)11-8-6-5-7-9-11/h11H,4-10H2,1-3H3. The summed E-state index contributed by atoms with van der Waals surface area (Å²) in [7, 11) is 0. The minimum Gasteiger partial charge on any atom is -0.227 e. The van der Waals surface area contributed by atoms with Crippen LogP contribution in [0.15, 0.2) is 0 Å². The van der Waals surface area contributed by atoms with E-state index < -0.39 is 0 Å². The highest BCUT2D eigenvalue weighted by Gasteiger charge is 2.24. The summed E-state index contributed by atoms with van der Waals surface area (Å²) in [6.07, 6.45) is 8.63. The average Bonchev–Trinajstić information content (AvgIpc) is 2.77. The molecule has 1 aliphatic rings. The van der Waals surface area contributed by atoms with Gasteiger partial charge in [-0.05, 0) is 28.7 Å². The molecule has 0 amide bonds. The molecule has 0 bridgehead atoms. The number of hydrogen-bond donors (Lipinski definition) is 0. The van der Waals surface area contributed by atoms with Crippen LogP contribution in [-0.2, 0) is 6.42 Å². The average molecular weight is 236 g/mol. The van der Waals surface area contributed by atoms with Crippen molar-refractivity contribution in [3.8, 4) is 0 Å². The van der Waals surface area contributed by atoms with Crippen molar-refractivity contribution in [2.75, 3.05) is 0 Å². The minimum absolute atomic E-state index is 0.293. The van der Waals surface area contributed by atoms with E-state index in [0.29, 0.717) is 11.5 Å². The molecule has 4 nitrogen and oxygen atoms in total. The third kappa shape index (κ3) is 3.05. The van der Waals surface area contributed by atoms with Crippen molar-refractivity contribution in [1.29, 1.82) is 0 Å². The highest BCUT2D eigenvalue weighted by molar-refractivity contribution is 4.91. The monoisotopic (exact) mass is 236 g/mol. The fourth-order valence-corrected chi connectivity index (χ4v) is 2.49. The van der Waals surface area contributed by atoms with Crippen molar-refractivity contribution < 1.29 is 0 Å². The summed E-state index contributed by atoms with van der Waals surface area (Å²) < 4.78 is 2.09. The van der Waals surface area contributed by atoms with Crippen LogP contribution in [0, 0.1) is 5.41 Å². The van der Waals surface area contributed by atoms with E-state index in [1.165, 1.54) is 32.1 Å².